The summed E-state index contributed by atoms with van der Waals surface area (Å²) in [5.41, 5.74) is 9.31. The standard InChI is InChI=1S/C15H24N2O/c1-12-3-4-15(14(16)11-12)17(2)8-5-13-6-9-18-10-7-13/h3-4,11,13H,5-10,16H2,1-2H3. The SMILES string of the molecule is Cc1ccc(N(C)CCC2CCOCC2)c(N)c1. The second kappa shape index (κ2) is 6.10. The summed E-state index contributed by atoms with van der Waals surface area (Å²) in [7, 11) is 2.13. The van der Waals surface area contributed by atoms with Gasteiger partial charge in [0.1, 0.15) is 0 Å². The van der Waals surface area contributed by atoms with Crippen molar-refractivity contribution >= 4 is 11.4 Å². The Morgan fingerprint density at radius 2 is 2.06 bits per heavy atom. The van der Waals surface area contributed by atoms with E-state index in [0.717, 1.165) is 37.1 Å². The van der Waals surface area contributed by atoms with Gasteiger partial charge >= 0.3 is 0 Å². The summed E-state index contributed by atoms with van der Waals surface area (Å²) in [6.45, 7) is 5.00. The molecule has 0 unspecified atom stereocenters. The molecule has 0 bridgehead atoms. The summed E-state index contributed by atoms with van der Waals surface area (Å²) >= 11 is 0. The molecule has 0 saturated carbocycles. The molecule has 0 aliphatic carbocycles. The molecule has 1 fully saturated rings. The highest BCUT2D eigenvalue weighted by molar-refractivity contribution is 5.68. The topological polar surface area (TPSA) is 38.5 Å². The average molecular weight is 248 g/mol. The molecule has 100 valence electrons. The van der Waals surface area contributed by atoms with Crippen molar-refractivity contribution < 1.29 is 4.74 Å². The molecule has 2 N–H and O–H groups in total. The minimum Gasteiger partial charge on any atom is -0.397 e. The van der Waals surface area contributed by atoms with E-state index in [1.807, 2.05) is 6.07 Å². The Bertz CT molecular complexity index is 386. The van der Waals surface area contributed by atoms with Gasteiger partial charge in [-0.2, -0.15) is 0 Å². The molecular formula is C15H24N2O. The van der Waals surface area contributed by atoms with Crippen LogP contribution < -0.4 is 10.6 Å². The van der Waals surface area contributed by atoms with Gasteiger partial charge in [-0.15, -0.1) is 0 Å². The lowest BCUT2D eigenvalue weighted by atomic mass is 9.96. The molecule has 0 amide bonds. The van der Waals surface area contributed by atoms with E-state index in [4.69, 9.17) is 10.5 Å². The number of anilines is 2. The Kier molecular flexibility index (Phi) is 4.48. The third kappa shape index (κ3) is 3.39. The van der Waals surface area contributed by atoms with Crippen LogP contribution in [0.1, 0.15) is 24.8 Å². The zero-order chi connectivity index (χ0) is 13.0. The molecule has 1 aliphatic rings. The van der Waals surface area contributed by atoms with Gasteiger partial charge < -0.3 is 15.4 Å². The smallest absolute Gasteiger partial charge is 0.0597 e. The number of aryl methyl sites for hydroxylation is 1. The third-order valence-corrected chi connectivity index (χ3v) is 3.81. The number of nitrogens with zero attached hydrogens (tertiary/aromatic N) is 1. The first kappa shape index (κ1) is 13.2. The molecule has 0 aromatic heterocycles. The number of ether oxygens (including phenoxy) is 1. The van der Waals surface area contributed by atoms with Crippen LogP contribution >= 0.6 is 0 Å². The predicted octanol–water partition coefficient (Wildman–Crippen LogP) is 2.83. The fraction of sp³-hybridized carbons (Fsp3) is 0.600. The lowest BCUT2D eigenvalue weighted by molar-refractivity contribution is 0.0645. The Balaban J connectivity index is 1.88. The maximum Gasteiger partial charge on any atom is 0.0597 e. The van der Waals surface area contributed by atoms with Crippen LogP contribution in [0.4, 0.5) is 11.4 Å². The van der Waals surface area contributed by atoms with Crippen molar-refractivity contribution in [2.75, 3.05) is 37.4 Å². The highest BCUT2D eigenvalue weighted by Gasteiger charge is 2.15. The van der Waals surface area contributed by atoms with E-state index in [2.05, 4.69) is 31.0 Å². The van der Waals surface area contributed by atoms with Crippen molar-refractivity contribution in [1.29, 1.82) is 0 Å². The van der Waals surface area contributed by atoms with Crippen molar-refractivity contribution in [3.8, 4) is 0 Å². The van der Waals surface area contributed by atoms with E-state index < -0.39 is 0 Å². The maximum absolute atomic E-state index is 6.07. The molecule has 3 heteroatoms. The highest BCUT2D eigenvalue weighted by Crippen LogP contribution is 2.25. The van der Waals surface area contributed by atoms with Gasteiger partial charge in [-0.3, -0.25) is 0 Å². The van der Waals surface area contributed by atoms with Crippen LogP contribution in [0.25, 0.3) is 0 Å². The van der Waals surface area contributed by atoms with Crippen LogP contribution in [0.2, 0.25) is 0 Å². The quantitative estimate of drug-likeness (QED) is 0.833. The summed E-state index contributed by atoms with van der Waals surface area (Å²) in [4.78, 5) is 2.27. The number of benzene rings is 1. The highest BCUT2D eigenvalue weighted by atomic mass is 16.5. The second-order valence-electron chi connectivity index (χ2n) is 5.33. The molecule has 18 heavy (non-hydrogen) atoms. The van der Waals surface area contributed by atoms with Crippen molar-refractivity contribution in [3.63, 3.8) is 0 Å². The van der Waals surface area contributed by atoms with Gasteiger partial charge in [0.25, 0.3) is 0 Å². The maximum atomic E-state index is 6.07. The number of nitrogen functional groups attached to an aromatic ring is 1. The fourth-order valence-electron chi connectivity index (χ4n) is 2.55. The van der Waals surface area contributed by atoms with Crippen LogP contribution in [0, 0.1) is 12.8 Å². The van der Waals surface area contributed by atoms with Crippen molar-refractivity contribution in [2.45, 2.75) is 26.2 Å². The van der Waals surface area contributed by atoms with Crippen LogP contribution in [0.3, 0.4) is 0 Å². The molecule has 0 radical (unpaired) electrons. The van der Waals surface area contributed by atoms with Gasteiger partial charge in [-0.05, 0) is 49.8 Å². The molecule has 1 aromatic carbocycles. The van der Waals surface area contributed by atoms with Crippen LogP contribution in [-0.4, -0.2) is 26.8 Å². The second-order valence-corrected chi connectivity index (χ2v) is 5.33. The zero-order valence-corrected chi connectivity index (χ0v) is 11.5. The number of rotatable bonds is 4. The normalized spacial score (nSPS) is 16.8. The first-order chi connectivity index (χ1) is 8.66. The van der Waals surface area contributed by atoms with Crippen LogP contribution in [0.5, 0.6) is 0 Å². The summed E-state index contributed by atoms with van der Waals surface area (Å²) in [5, 5.41) is 0. The van der Waals surface area contributed by atoms with E-state index in [-0.39, 0.29) is 0 Å². The fourth-order valence-corrected chi connectivity index (χ4v) is 2.55. The number of hydrogen-bond donors (Lipinski definition) is 1. The summed E-state index contributed by atoms with van der Waals surface area (Å²) in [6, 6.07) is 6.28. The summed E-state index contributed by atoms with van der Waals surface area (Å²) in [5.74, 6) is 0.813. The van der Waals surface area contributed by atoms with E-state index >= 15 is 0 Å². The van der Waals surface area contributed by atoms with E-state index in [1.165, 1.54) is 24.8 Å². The van der Waals surface area contributed by atoms with Crippen molar-refractivity contribution in [1.82, 2.24) is 0 Å². The molecule has 3 nitrogen and oxygen atoms in total. The zero-order valence-electron chi connectivity index (χ0n) is 11.5. The molecule has 0 atom stereocenters. The Morgan fingerprint density at radius 1 is 1.33 bits per heavy atom. The minimum atomic E-state index is 0.813. The van der Waals surface area contributed by atoms with E-state index in [0.29, 0.717) is 0 Å². The molecule has 2 rings (SSSR count). The first-order valence-corrected chi connectivity index (χ1v) is 6.82. The van der Waals surface area contributed by atoms with Gasteiger partial charge in [0.2, 0.25) is 0 Å². The van der Waals surface area contributed by atoms with Crippen molar-refractivity contribution in [3.05, 3.63) is 23.8 Å². The Labute approximate surface area is 110 Å². The molecule has 1 aromatic rings. The summed E-state index contributed by atoms with van der Waals surface area (Å²) < 4.78 is 5.39. The molecular weight excluding hydrogens is 224 g/mol. The average Bonchev–Trinajstić information content (AvgIpc) is 2.37. The first-order valence-electron chi connectivity index (χ1n) is 6.82. The predicted molar refractivity (Wildman–Crippen MR) is 77.0 cm³/mol. The largest absolute Gasteiger partial charge is 0.397 e. The Hall–Kier alpha value is -1.22. The van der Waals surface area contributed by atoms with Gasteiger partial charge in [0.05, 0.1) is 11.4 Å². The van der Waals surface area contributed by atoms with E-state index in [9.17, 15) is 0 Å². The van der Waals surface area contributed by atoms with Gasteiger partial charge in [-0.25, -0.2) is 0 Å². The van der Waals surface area contributed by atoms with Crippen LogP contribution in [0.15, 0.2) is 18.2 Å². The van der Waals surface area contributed by atoms with Crippen molar-refractivity contribution in [2.24, 2.45) is 5.92 Å². The number of hydrogen-bond acceptors (Lipinski definition) is 3. The summed E-state index contributed by atoms with van der Waals surface area (Å²) in [6.07, 6.45) is 3.64. The van der Waals surface area contributed by atoms with Gasteiger partial charge in [0.15, 0.2) is 0 Å². The van der Waals surface area contributed by atoms with Crippen LogP contribution in [-0.2, 0) is 4.74 Å². The number of nitrogens with two attached hydrogens (primary N) is 1. The molecule has 1 saturated heterocycles. The van der Waals surface area contributed by atoms with Gasteiger partial charge in [-0.1, -0.05) is 6.07 Å². The monoisotopic (exact) mass is 248 g/mol. The molecule has 1 heterocycles. The lowest BCUT2D eigenvalue weighted by Gasteiger charge is -2.26. The lowest BCUT2D eigenvalue weighted by Crippen LogP contribution is -2.24. The van der Waals surface area contributed by atoms with Gasteiger partial charge in [0, 0.05) is 26.8 Å². The Morgan fingerprint density at radius 3 is 2.72 bits per heavy atom. The minimum absolute atomic E-state index is 0.813. The van der Waals surface area contributed by atoms with E-state index in [1.54, 1.807) is 0 Å². The molecule has 0 spiro atoms. The molecule has 1 aliphatic heterocycles. The third-order valence-electron chi connectivity index (χ3n) is 3.81.